The zero-order valence-electron chi connectivity index (χ0n) is 11.2. The number of ether oxygens (including phenoxy) is 2. The lowest BCUT2D eigenvalue weighted by molar-refractivity contribution is 0.108. The van der Waals surface area contributed by atoms with Gasteiger partial charge in [0.1, 0.15) is 12.4 Å². The van der Waals surface area contributed by atoms with Gasteiger partial charge in [-0.1, -0.05) is 20.8 Å². The molecule has 0 saturated carbocycles. The van der Waals surface area contributed by atoms with Crippen molar-refractivity contribution in [2.75, 3.05) is 20.3 Å². The van der Waals surface area contributed by atoms with Crippen LogP contribution < -0.4 is 4.74 Å². The summed E-state index contributed by atoms with van der Waals surface area (Å²) in [5.74, 6) is 0.642. The van der Waals surface area contributed by atoms with Gasteiger partial charge in [0.15, 0.2) is 0 Å². The number of carbonyl (C=O) groups is 1. The van der Waals surface area contributed by atoms with E-state index in [2.05, 4.69) is 20.8 Å². The Labute approximate surface area is 113 Å². The minimum absolute atomic E-state index is 0.0677. The molecule has 0 spiro atoms. The van der Waals surface area contributed by atoms with Crippen molar-refractivity contribution in [3.05, 3.63) is 29.3 Å². The van der Waals surface area contributed by atoms with Gasteiger partial charge >= 0.3 is 0 Å². The second kappa shape index (κ2) is 6.21. The monoisotopic (exact) mass is 270 g/mol. The van der Waals surface area contributed by atoms with Gasteiger partial charge in [-0.05, 0) is 40.8 Å². The van der Waals surface area contributed by atoms with Gasteiger partial charge in [0.25, 0.3) is 5.24 Å². The Morgan fingerprint density at radius 1 is 1.22 bits per heavy atom. The van der Waals surface area contributed by atoms with Crippen molar-refractivity contribution in [1.29, 1.82) is 0 Å². The van der Waals surface area contributed by atoms with Crippen LogP contribution in [0.15, 0.2) is 18.2 Å². The van der Waals surface area contributed by atoms with Crippen molar-refractivity contribution in [2.24, 2.45) is 0 Å². The third-order valence-corrected chi connectivity index (χ3v) is 2.77. The lowest BCUT2D eigenvalue weighted by Gasteiger charge is -2.20. The van der Waals surface area contributed by atoms with Gasteiger partial charge in [0.2, 0.25) is 0 Å². The first-order chi connectivity index (χ1) is 8.34. The molecule has 0 aromatic heterocycles. The largest absolute Gasteiger partial charge is 0.491 e. The van der Waals surface area contributed by atoms with E-state index in [9.17, 15) is 4.79 Å². The van der Waals surface area contributed by atoms with Crippen LogP contribution in [0, 0.1) is 0 Å². The quantitative estimate of drug-likeness (QED) is 0.608. The van der Waals surface area contributed by atoms with Crippen molar-refractivity contribution >= 4 is 16.8 Å². The minimum atomic E-state index is -0.474. The molecule has 0 saturated heterocycles. The van der Waals surface area contributed by atoms with E-state index in [1.54, 1.807) is 19.2 Å². The highest BCUT2D eigenvalue weighted by Crippen LogP contribution is 2.28. The van der Waals surface area contributed by atoms with Gasteiger partial charge in [-0.3, -0.25) is 4.79 Å². The van der Waals surface area contributed by atoms with Crippen molar-refractivity contribution in [2.45, 2.75) is 26.2 Å². The molecule has 4 heteroatoms. The van der Waals surface area contributed by atoms with Gasteiger partial charge in [0, 0.05) is 12.7 Å². The Balaban J connectivity index is 3.03. The van der Waals surface area contributed by atoms with Crippen LogP contribution in [0.5, 0.6) is 5.75 Å². The first-order valence-electron chi connectivity index (χ1n) is 5.81. The van der Waals surface area contributed by atoms with E-state index in [4.69, 9.17) is 21.1 Å². The van der Waals surface area contributed by atoms with E-state index in [0.717, 1.165) is 5.56 Å². The van der Waals surface area contributed by atoms with E-state index in [0.29, 0.717) is 24.5 Å². The summed E-state index contributed by atoms with van der Waals surface area (Å²) in [6, 6.07) is 5.39. The van der Waals surface area contributed by atoms with Crippen molar-refractivity contribution < 1.29 is 14.3 Å². The van der Waals surface area contributed by atoms with E-state index in [1.165, 1.54) is 0 Å². The average Bonchev–Trinajstić information content (AvgIpc) is 2.28. The molecule has 1 aromatic carbocycles. The molecule has 0 amide bonds. The number of methoxy groups -OCH3 is 1. The predicted octanol–water partition coefficient (Wildman–Crippen LogP) is 3.39. The maximum absolute atomic E-state index is 11.3. The molecular weight excluding hydrogens is 252 g/mol. The van der Waals surface area contributed by atoms with Gasteiger partial charge in [0.05, 0.1) is 6.61 Å². The Morgan fingerprint density at radius 2 is 1.89 bits per heavy atom. The van der Waals surface area contributed by atoms with Crippen molar-refractivity contribution in [3.8, 4) is 5.75 Å². The first-order valence-corrected chi connectivity index (χ1v) is 6.19. The second-order valence-corrected chi connectivity index (χ2v) is 5.45. The summed E-state index contributed by atoms with van der Waals surface area (Å²) in [6.45, 7) is 7.17. The Hall–Kier alpha value is -1.06. The predicted molar refractivity (Wildman–Crippen MR) is 72.7 cm³/mol. The molecule has 0 heterocycles. The zero-order valence-corrected chi connectivity index (χ0v) is 12.0. The summed E-state index contributed by atoms with van der Waals surface area (Å²) >= 11 is 5.54. The van der Waals surface area contributed by atoms with E-state index in [-0.39, 0.29) is 5.41 Å². The maximum Gasteiger partial charge on any atom is 0.252 e. The Morgan fingerprint density at radius 3 is 2.39 bits per heavy atom. The molecule has 18 heavy (non-hydrogen) atoms. The molecule has 100 valence electrons. The number of hydrogen-bond acceptors (Lipinski definition) is 3. The van der Waals surface area contributed by atoms with Crippen LogP contribution in [0.3, 0.4) is 0 Å². The van der Waals surface area contributed by atoms with Crippen LogP contribution in [0.25, 0.3) is 0 Å². The summed E-state index contributed by atoms with van der Waals surface area (Å²) in [5, 5.41) is -0.474. The molecule has 1 rings (SSSR count). The molecule has 0 radical (unpaired) electrons. The minimum Gasteiger partial charge on any atom is -0.491 e. The van der Waals surface area contributed by atoms with Crippen molar-refractivity contribution in [3.63, 3.8) is 0 Å². The fourth-order valence-electron chi connectivity index (χ4n) is 1.47. The van der Waals surface area contributed by atoms with Crippen LogP contribution in [-0.4, -0.2) is 25.6 Å². The van der Waals surface area contributed by atoms with Gasteiger partial charge < -0.3 is 9.47 Å². The van der Waals surface area contributed by atoms with Crippen LogP contribution in [0.4, 0.5) is 0 Å². The number of benzene rings is 1. The SMILES string of the molecule is COCCOc1cc(C(=O)Cl)cc(C(C)(C)C)c1. The molecule has 0 N–H and O–H groups in total. The fraction of sp³-hybridized carbons (Fsp3) is 0.500. The summed E-state index contributed by atoms with van der Waals surface area (Å²) in [5.41, 5.74) is 1.40. The summed E-state index contributed by atoms with van der Waals surface area (Å²) < 4.78 is 10.5. The highest BCUT2D eigenvalue weighted by Gasteiger charge is 2.17. The molecule has 0 aliphatic heterocycles. The van der Waals surface area contributed by atoms with Crippen LogP contribution in [-0.2, 0) is 10.2 Å². The number of carbonyl (C=O) groups excluding carboxylic acids is 1. The summed E-state index contributed by atoms with van der Waals surface area (Å²) in [4.78, 5) is 11.3. The lowest BCUT2D eigenvalue weighted by Crippen LogP contribution is -2.13. The molecule has 0 aliphatic rings. The zero-order chi connectivity index (χ0) is 13.8. The summed E-state index contributed by atoms with van der Waals surface area (Å²) in [7, 11) is 1.61. The average molecular weight is 271 g/mol. The summed E-state index contributed by atoms with van der Waals surface area (Å²) in [6.07, 6.45) is 0. The highest BCUT2D eigenvalue weighted by atomic mass is 35.5. The van der Waals surface area contributed by atoms with Crippen LogP contribution in [0.1, 0.15) is 36.7 Å². The number of rotatable bonds is 5. The standard InChI is InChI=1S/C14H19ClO3/c1-14(2,3)11-7-10(13(15)16)8-12(9-11)18-6-5-17-4/h7-9H,5-6H2,1-4H3. The normalized spacial score (nSPS) is 11.4. The van der Waals surface area contributed by atoms with Crippen LogP contribution >= 0.6 is 11.6 Å². The topological polar surface area (TPSA) is 35.5 Å². The molecular formula is C14H19ClO3. The van der Waals surface area contributed by atoms with Gasteiger partial charge in [-0.15, -0.1) is 0 Å². The molecule has 1 aromatic rings. The molecule has 3 nitrogen and oxygen atoms in total. The van der Waals surface area contributed by atoms with Crippen molar-refractivity contribution in [1.82, 2.24) is 0 Å². The molecule has 0 atom stereocenters. The Bertz CT molecular complexity index is 422. The van der Waals surface area contributed by atoms with Gasteiger partial charge in [-0.2, -0.15) is 0 Å². The highest BCUT2D eigenvalue weighted by molar-refractivity contribution is 6.67. The fourth-order valence-corrected chi connectivity index (χ4v) is 1.58. The Kier molecular flexibility index (Phi) is 5.17. The maximum atomic E-state index is 11.3. The number of hydrogen-bond donors (Lipinski definition) is 0. The molecule has 0 bridgehead atoms. The lowest BCUT2D eigenvalue weighted by atomic mass is 9.86. The van der Waals surface area contributed by atoms with E-state index >= 15 is 0 Å². The second-order valence-electron chi connectivity index (χ2n) is 5.11. The van der Waals surface area contributed by atoms with Crippen LogP contribution in [0.2, 0.25) is 0 Å². The smallest absolute Gasteiger partial charge is 0.252 e. The molecule has 0 fully saturated rings. The third-order valence-electron chi connectivity index (χ3n) is 2.56. The van der Waals surface area contributed by atoms with E-state index in [1.807, 2.05) is 6.07 Å². The molecule has 0 unspecified atom stereocenters. The third kappa shape index (κ3) is 4.31. The van der Waals surface area contributed by atoms with Gasteiger partial charge in [-0.25, -0.2) is 0 Å². The first kappa shape index (κ1) is 15.0. The van der Waals surface area contributed by atoms with E-state index < -0.39 is 5.24 Å². The molecule has 0 aliphatic carbocycles. The number of halogens is 1.